The van der Waals surface area contributed by atoms with Crippen molar-refractivity contribution in [3.05, 3.63) is 28.3 Å². The molecule has 0 aliphatic heterocycles. The molecule has 4 nitrogen and oxygen atoms in total. The van der Waals surface area contributed by atoms with Gasteiger partial charge in [-0.1, -0.05) is 19.3 Å². The second-order valence-corrected chi connectivity index (χ2v) is 7.54. The van der Waals surface area contributed by atoms with E-state index >= 15 is 0 Å². The zero-order valence-electron chi connectivity index (χ0n) is 11.7. The molecule has 6 heteroatoms. The first-order chi connectivity index (χ1) is 10.2. The lowest BCUT2D eigenvalue weighted by Gasteiger charge is -2.20. The predicted octanol–water partition coefficient (Wildman–Crippen LogP) is 4.40. The Kier molecular flexibility index (Phi) is 4.65. The smallest absolute Gasteiger partial charge is 0.352 e. The molecule has 0 spiro atoms. The summed E-state index contributed by atoms with van der Waals surface area (Å²) in [5.74, 6) is 0.0236. The highest BCUT2D eigenvalue weighted by Gasteiger charge is 2.15. The van der Waals surface area contributed by atoms with Gasteiger partial charge in [-0.15, -0.1) is 11.3 Å². The van der Waals surface area contributed by atoms with Crippen molar-refractivity contribution in [1.29, 1.82) is 0 Å². The summed E-state index contributed by atoms with van der Waals surface area (Å²) < 4.78 is 0. The molecule has 0 radical (unpaired) electrons. The fraction of sp³-hybridized carbons (Fsp3) is 0.467. The third-order valence-electron chi connectivity index (χ3n) is 3.76. The van der Waals surface area contributed by atoms with Crippen LogP contribution < -0.4 is 0 Å². The van der Waals surface area contributed by atoms with Crippen molar-refractivity contribution < 1.29 is 9.90 Å². The van der Waals surface area contributed by atoms with E-state index in [0.29, 0.717) is 0 Å². The topological polar surface area (TPSA) is 66.0 Å². The number of carbonyl (C=O) groups is 1. The van der Waals surface area contributed by atoms with E-state index in [1.807, 2.05) is 17.1 Å². The molecule has 2 heterocycles. The standard InChI is InChI=1S/C15H18N2O2S2/c18-15(19)12-6-10(7-16-12)13-8-21-14(17-13)9-20-11-4-2-1-3-5-11/h6-8,11,16H,1-5,9H2,(H,18,19). The van der Waals surface area contributed by atoms with Gasteiger partial charge < -0.3 is 10.1 Å². The number of H-pyrrole nitrogens is 1. The van der Waals surface area contributed by atoms with Crippen LogP contribution in [0, 0.1) is 0 Å². The lowest BCUT2D eigenvalue weighted by atomic mass is 10.0. The molecule has 1 fully saturated rings. The second-order valence-electron chi connectivity index (χ2n) is 5.30. The number of hydrogen-bond acceptors (Lipinski definition) is 4. The Hall–Kier alpha value is -1.27. The number of rotatable bonds is 5. The molecule has 0 unspecified atom stereocenters. The zero-order chi connectivity index (χ0) is 14.7. The predicted molar refractivity (Wildman–Crippen MR) is 87.0 cm³/mol. The summed E-state index contributed by atoms with van der Waals surface area (Å²) in [7, 11) is 0. The minimum atomic E-state index is -0.940. The molecule has 0 saturated heterocycles. The van der Waals surface area contributed by atoms with Crippen LogP contribution in [0.15, 0.2) is 17.6 Å². The highest BCUT2D eigenvalue weighted by Crippen LogP contribution is 2.32. The van der Waals surface area contributed by atoms with Crippen molar-refractivity contribution in [2.45, 2.75) is 43.1 Å². The number of aromatic carboxylic acids is 1. The van der Waals surface area contributed by atoms with E-state index in [4.69, 9.17) is 5.11 Å². The van der Waals surface area contributed by atoms with Crippen LogP contribution in [0.5, 0.6) is 0 Å². The number of thiazole rings is 1. The quantitative estimate of drug-likeness (QED) is 0.856. The van der Waals surface area contributed by atoms with E-state index in [1.165, 1.54) is 32.1 Å². The molecule has 0 atom stereocenters. The summed E-state index contributed by atoms with van der Waals surface area (Å²) in [6.07, 6.45) is 8.49. The monoisotopic (exact) mass is 322 g/mol. The van der Waals surface area contributed by atoms with Crippen molar-refractivity contribution in [2.24, 2.45) is 0 Å². The molecule has 1 aliphatic rings. The Bertz CT molecular complexity index is 615. The number of thioether (sulfide) groups is 1. The minimum absolute atomic E-state index is 0.205. The fourth-order valence-corrected chi connectivity index (χ4v) is 4.77. The van der Waals surface area contributed by atoms with Gasteiger partial charge in [-0.25, -0.2) is 9.78 Å². The average Bonchev–Trinajstić information content (AvgIpc) is 3.15. The first-order valence-electron chi connectivity index (χ1n) is 7.20. The van der Waals surface area contributed by atoms with Crippen molar-refractivity contribution in [3.63, 3.8) is 0 Å². The van der Waals surface area contributed by atoms with Gasteiger partial charge in [-0.2, -0.15) is 11.8 Å². The molecule has 0 bridgehead atoms. The molecule has 2 N–H and O–H groups in total. The third kappa shape index (κ3) is 3.68. The number of carboxylic acid groups (broad SMARTS) is 1. The largest absolute Gasteiger partial charge is 0.477 e. The molecule has 112 valence electrons. The van der Waals surface area contributed by atoms with E-state index in [1.54, 1.807) is 23.6 Å². The fourth-order valence-electron chi connectivity index (χ4n) is 2.60. The van der Waals surface area contributed by atoms with E-state index in [2.05, 4.69) is 9.97 Å². The van der Waals surface area contributed by atoms with Crippen LogP contribution >= 0.6 is 23.1 Å². The summed E-state index contributed by atoms with van der Waals surface area (Å²) in [4.78, 5) is 18.3. The highest BCUT2D eigenvalue weighted by atomic mass is 32.2. The normalized spacial score (nSPS) is 16.2. The number of aromatic nitrogens is 2. The second kappa shape index (κ2) is 6.66. The first kappa shape index (κ1) is 14.7. The first-order valence-corrected chi connectivity index (χ1v) is 9.13. The summed E-state index contributed by atoms with van der Waals surface area (Å²) in [6, 6.07) is 1.63. The van der Waals surface area contributed by atoms with E-state index < -0.39 is 5.97 Å². The molecule has 1 saturated carbocycles. The van der Waals surface area contributed by atoms with E-state index in [-0.39, 0.29) is 5.69 Å². The minimum Gasteiger partial charge on any atom is -0.477 e. The Labute approximate surface area is 132 Å². The molecule has 0 aromatic carbocycles. The van der Waals surface area contributed by atoms with Crippen LogP contribution in [-0.4, -0.2) is 26.3 Å². The summed E-state index contributed by atoms with van der Waals surface area (Å²) >= 11 is 3.67. The molecule has 2 aromatic heterocycles. The molecular weight excluding hydrogens is 304 g/mol. The maximum Gasteiger partial charge on any atom is 0.352 e. The van der Waals surface area contributed by atoms with Gasteiger partial charge in [0, 0.05) is 28.1 Å². The van der Waals surface area contributed by atoms with Crippen molar-refractivity contribution in [2.75, 3.05) is 0 Å². The van der Waals surface area contributed by atoms with Gasteiger partial charge in [0.25, 0.3) is 0 Å². The molecule has 1 aliphatic carbocycles. The SMILES string of the molecule is O=C(O)c1cc(-c2csc(CSC3CCCCC3)n2)c[nH]1. The Morgan fingerprint density at radius 1 is 1.43 bits per heavy atom. The molecule has 3 rings (SSSR count). The maximum atomic E-state index is 10.9. The number of nitrogens with one attached hydrogen (secondary N) is 1. The summed E-state index contributed by atoms with van der Waals surface area (Å²) in [5, 5.41) is 12.8. The van der Waals surface area contributed by atoms with Gasteiger partial charge in [-0.05, 0) is 18.9 Å². The summed E-state index contributed by atoms with van der Waals surface area (Å²) in [6.45, 7) is 0. The Balaban J connectivity index is 1.61. The van der Waals surface area contributed by atoms with Crippen LogP contribution in [0.2, 0.25) is 0 Å². The Morgan fingerprint density at radius 3 is 2.95 bits per heavy atom. The van der Waals surface area contributed by atoms with Gasteiger partial charge >= 0.3 is 5.97 Å². The van der Waals surface area contributed by atoms with E-state index in [9.17, 15) is 4.79 Å². The zero-order valence-corrected chi connectivity index (χ0v) is 13.3. The van der Waals surface area contributed by atoms with Crippen LogP contribution in [0.1, 0.15) is 47.6 Å². The van der Waals surface area contributed by atoms with Crippen LogP contribution in [-0.2, 0) is 5.75 Å². The molecule has 21 heavy (non-hydrogen) atoms. The van der Waals surface area contributed by atoms with E-state index in [0.717, 1.165) is 27.3 Å². The van der Waals surface area contributed by atoms with Gasteiger partial charge in [0.1, 0.15) is 10.7 Å². The molecular formula is C15H18N2O2S2. The molecule has 2 aromatic rings. The average molecular weight is 322 g/mol. The van der Waals surface area contributed by atoms with Gasteiger partial charge in [-0.3, -0.25) is 0 Å². The molecule has 0 amide bonds. The van der Waals surface area contributed by atoms with Crippen molar-refractivity contribution in [1.82, 2.24) is 9.97 Å². The highest BCUT2D eigenvalue weighted by molar-refractivity contribution is 7.99. The third-order valence-corrected chi connectivity index (χ3v) is 6.17. The van der Waals surface area contributed by atoms with Crippen molar-refractivity contribution >= 4 is 29.1 Å². The number of carboxylic acids is 1. The number of nitrogens with zero attached hydrogens (tertiary/aromatic N) is 1. The summed E-state index contributed by atoms with van der Waals surface area (Å²) in [5.41, 5.74) is 1.91. The number of aromatic amines is 1. The Morgan fingerprint density at radius 2 is 2.24 bits per heavy atom. The van der Waals surface area contributed by atoms with Crippen LogP contribution in [0.4, 0.5) is 0 Å². The van der Waals surface area contributed by atoms with Crippen molar-refractivity contribution in [3.8, 4) is 11.3 Å². The number of hydrogen-bond donors (Lipinski definition) is 2. The van der Waals surface area contributed by atoms with Crippen LogP contribution in [0.3, 0.4) is 0 Å². The van der Waals surface area contributed by atoms with Gasteiger partial charge in [0.05, 0.1) is 5.69 Å². The lowest BCUT2D eigenvalue weighted by Crippen LogP contribution is -2.08. The lowest BCUT2D eigenvalue weighted by molar-refractivity contribution is 0.0691. The van der Waals surface area contributed by atoms with Gasteiger partial charge in [0.15, 0.2) is 0 Å². The van der Waals surface area contributed by atoms with Gasteiger partial charge in [0.2, 0.25) is 0 Å². The van der Waals surface area contributed by atoms with Crippen LogP contribution in [0.25, 0.3) is 11.3 Å². The maximum absolute atomic E-state index is 10.9.